The molecule has 0 N–H and O–H groups in total. The van der Waals surface area contributed by atoms with Crippen molar-refractivity contribution in [3.05, 3.63) is 41.3 Å². The number of rotatable bonds is 3. The summed E-state index contributed by atoms with van der Waals surface area (Å²) >= 11 is 4.21. The summed E-state index contributed by atoms with van der Waals surface area (Å²) in [7, 11) is 1.71. The van der Waals surface area contributed by atoms with Gasteiger partial charge in [-0.3, -0.25) is 4.31 Å². The fourth-order valence-electron chi connectivity index (χ4n) is 1.96. The molecule has 0 atom stereocenters. The number of anilines is 1. The van der Waals surface area contributed by atoms with Crippen molar-refractivity contribution in [1.29, 1.82) is 5.26 Å². The van der Waals surface area contributed by atoms with Crippen LogP contribution in [-0.2, 0) is 0 Å². The lowest BCUT2D eigenvalue weighted by atomic mass is 9.99. The predicted octanol–water partition coefficient (Wildman–Crippen LogP) is 3.56. The van der Waals surface area contributed by atoms with E-state index in [4.69, 9.17) is 0 Å². The highest BCUT2D eigenvalue weighted by Gasteiger charge is 2.19. The smallest absolute Gasteiger partial charge is 0.235 e. The molecule has 21 heavy (non-hydrogen) atoms. The van der Waals surface area contributed by atoms with Crippen molar-refractivity contribution in [2.24, 2.45) is 0 Å². The van der Waals surface area contributed by atoms with Crippen molar-refractivity contribution in [2.45, 2.75) is 19.8 Å². The lowest BCUT2D eigenvalue weighted by Gasteiger charge is -2.16. The zero-order valence-corrected chi connectivity index (χ0v) is 12.9. The molecule has 0 saturated heterocycles. The highest BCUT2D eigenvalue weighted by Crippen LogP contribution is 2.29. The predicted molar refractivity (Wildman–Crippen MR) is 83.6 cm³/mol. The van der Waals surface area contributed by atoms with Gasteiger partial charge in [0.2, 0.25) is 5.95 Å². The Morgan fingerprint density at radius 3 is 2.33 bits per heavy atom. The molecule has 1 heterocycles. The van der Waals surface area contributed by atoms with Crippen molar-refractivity contribution in [1.82, 2.24) is 9.97 Å². The summed E-state index contributed by atoms with van der Waals surface area (Å²) in [5, 5.41) is 9.46. The van der Waals surface area contributed by atoms with E-state index in [1.165, 1.54) is 16.4 Å². The van der Waals surface area contributed by atoms with Crippen LogP contribution in [0.1, 0.15) is 31.0 Å². The van der Waals surface area contributed by atoms with E-state index in [1.807, 2.05) is 13.8 Å². The maximum absolute atomic E-state index is 13.1. The van der Waals surface area contributed by atoms with Gasteiger partial charge in [0.25, 0.3) is 0 Å². The molecule has 0 fully saturated rings. The highest BCUT2D eigenvalue weighted by atomic mass is 32.1. The number of aromatic nitrogens is 2. The zero-order valence-electron chi connectivity index (χ0n) is 12.0. The van der Waals surface area contributed by atoms with Gasteiger partial charge >= 0.3 is 0 Å². The Labute approximate surface area is 128 Å². The van der Waals surface area contributed by atoms with Crippen LogP contribution >= 0.6 is 12.8 Å². The summed E-state index contributed by atoms with van der Waals surface area (Å²) in [5.74, 6) is 0.135. The Hall–Kier alpha value is -2.13. The van der Waals surface area contributed by atoms with E-state index in [9.17, 15) is 9.65 Å². The quantitative estimate of drug-likeness (QED) is 0.881. The lowest BCUT2D eigenvalue weighted by molar-refractivity contribution is 0.628. The standard InChI is InChI=1S/C15H15FN4S/c1-9(2)13-12(8-17)14(19-15(18-13)20(3)21)10-4-6-11(16)7-5-10/h4-7,9,21H,1-3H3. The maximum atomic E-state index is 13.1. The second-order valence-electron chi connectivity index (χ2n) is 4.93. The van der Waals surface area contributed by atoms with Gasteiger partial charge in [-0.25, -0.2) is 14.4 Å². The molecule has 0 unspecified atom stereocenters. The van der Waals surface area contributed by atoms with E-state index in [0.717, 1.165) is 0 Å². The van der Waals surface area contributed by atoms with E-state index < -0.39 is 0 Å². The van der Waals surface area contributed by atoms with Gasteiger partial charge in [-0.05, 0) is 30.2 Å². The van der Waals surface area contributed by atoms with Crippen LogP contribution in [0.4, 0.5) is 10.3 Å². The Kier molecular flexibility index (Phi) is 4.43. The number of halogens is 1. The Morgan fingerprint density at radius 2 is 1.86 bits per heavy atom. The molecular formula is C15H15FN4S. The maximum Gasteiger partial charge on any atom is 0.235 e. The van der Waals surface area contributed by atoms with Crippen molar-refractivity contribution in [3.63, 3.8) is 0 Å². The van der Waals surface area contributed by atoms with Gasteiger partial charge in [-0.15, -0.1) is 0 Å². The number of nitriles is 1. The van der Waals surface area contributed by atoms with Gasteiger partial charge in [-0.1, -0.05) is 26.7 Å². The number of hydrogen-bond donors (Lipinski definition) is 1. The third kappa shape index (κ3) is 3.14. The highest BCUT2D eigenvalue weighted by molar-refractivity contribution is 7.81. The Bertz CT molecular complexity index is 690. The second kappa shape index (κ2) is 6.10. The second-order valence-corrected chi connectivity index (χ2v) is 5.53. The van der Waals surface area contributed by atoms with E-state index in [1.54, 1.807) is 19.2 Å². The Balaban J connectivity index is 2.73. The van der Waals surface area contributed by atoms with Gasteiger partial charge in [0.1, 0.15) is 17.4 Å². The number of nitrogens with zero attached hydrogens (tertiary/aromatic N) is 4. The minimum Gasteiger partial charge on any atom is -0.290 e. The minimum absolute atomic E-state index is 0.0638. The molecule has 2 rings (SSSR count). The molecule has 0 spiro atoms. The molecule has 0 aliphatic rings. The van der Waals surface area contributed by atoms with Crippen LogP contribution in [0.2, 0.25) is 0 Å². The molecule has 0 aliphatic heterocycles. The first-order valence-electron chi connectivity index (χ1n) is 6.44. The summed E-state index contributed by atoms with van der Waals surface area (Å²) in [6, 6.07) is 8.06. The average molecular weight is 302 g/mol. The molecule has 0 saturated carbocycles. The Morgan fingerprint density at radius 1 is 1.24 bits per heavy atom. The fraction of sp³-hybridized carbons (Fsp3) is 0.267. The van der Waals surface area contributed by atoms with Crippen LogP contribution in [0, 0.1) is 17.1 Å². The van der Waals surface area contributed by atoms with Crippen LogP contribution in [0.15, 0.2) is 24.3 Å². The van der Waals surface area contributed by atoms with Crippen LogP contribution in [0.25, 0.3) is 11.3 Å². The van der Waals surface area contributed by atoms with E-state index >= 15 is 0 Å². The van der Waals surface area contributed by atoms with Gasteiger partial charge in [0, 0.05) is 12.6 Å². The summed E-state index contributed by atoms with van der Waals surface area (Å²) < 4.78 is 14.6. The molecule has 0 amide bonds. The van der Waals surface area contributed by atoms with Gasteiger partial charge in [0.15, 0.2) is 0 Å². The first kappa shape index (κ1) is 15.3. The van der Waals surface area contributed by atoms with Crippen LogP contribution in [0.3, 0.4) is 0 Å². The van der Waals surface area contributed by atoms with Crippen molar-refractivity contribution in [3.8, 4) is 17.3 Å². The normalized spacial score (nSPS) is 10.5. The largest absolute Gasteiger partial charge is 0.290 e. The molecule has 0 aliphatic carbocycles. The van der Waals surface area contributed by atoms with Crippen LogP contribution in [0.5, 0.6) is 0 Å². The molecule has 6 heteroatoms. The molecular weight excluding hydrogens is 287 g/mol. The SMILES string of the molecule is CC(C)c1nc(N(C)S)nc(-c2ccc(F)cc2)c1C#N. The molecule has 1 aromatic heterocycles. The summed E-state index contributed by atoms with van der Waals surface area (Å²) in [5.41, 5.74) is 2.24. The molecule has 108 valence electrons. The summed E-state index contributed by atoms with van der Waals surface area (Å²) in [6.07, 6.45) is 0. The van der Waals surface area contributed by atoms with E-state index in [2.05, 4.69) is 28.9 Å². The average Bonchev–Trinajstić information content (AvgIpc) is 2.46. The minimum atomic E-state index is -0.332. The molecule has 0 radical (unpaired) electrons. The van der Waals surface area contributed by atoms with Gasteiger partial charge in [0.05, 0.1) is 11.4 Å². The molecule has 2 aromatic rings. The number of hydrogen-bond acceptors (Lipinski definition) is 5. The lowest BCUT2D eigenvalue weighted by Crippen LogP contribution is -2.11. The third-order valence-electron chi connectivity index (χ3n) is 2.99. The van der Waals surface area contributed by atoms with E-state index in [0.29, 0.717) is 28.5 Å². The van der Waals surface area contributed by atoms with Crippen molar-refractivity contribution < 1.29 is 4.39 Å². The third-order valence-corrected chi connectivity index (χ3v) is 3.17. The van der Waals surface area contributed by atoms with Crippen LogP contribution < -0.4 is 4.31 Å². The summed E-state index contributed by atoms with van der Waals surface area (Å²) in [6.45, 7) is 3.92. The molecule has 0 bridgehead atoms. The topological polar surface area (TPSA) is 52.8 Å². The van der Waals surface area contributed by atoms with E-state index in [-0.39, 0.29) is 11.7 Å². The fourth-order valence-corrected chi connectivity index (χ4v) is 2.04. The monoisotopic (exact) mass is 302 g/mol. The summed E-state index contributed by atoms with van der Waals surface area (Å²) in [4.78, 5) is 8.77. The zero-order chi connectivity index (χ0) is 15.6. The number of thiol groups is 1. The molecule has 4 nitrogen and oxygen atoms in total. The van der Waals surface area contributed by atoms with Crippen LogP contribution in [-0.4, -0.2) is 17.0 Å². The van der Waals surface area contributed by atoms with Crippen molar-refractivity contribution >= 4 is 18.8 Å². The van der Waals surface area contributed by atoms with Gasteiger partial charge < -0.3 is 0 Å². The molecule has 1 aromatic carbocycles. The van der Waals surface area contributed by atoms with Gasteiger partial charge in [-0.2, -0.15) is 5.26 Å². The first-order valence-corrected chi connectivity index (χ1v) is 6.84. The number of benzene rings is 1. The van der Waals surface area contributed by atoms with Crippen molar-refractivity contribution in [2.75, 3.05) is 11.4 Å². The first-order chi connectivity index (χ1) is 9.93.